The molecule has 3 amide bonds. The van der Waals surface area contributed by atoms with Crippen molar-refractivity contribution >= 4 is 34.6 Å². The number of amides is 3. The summed E-state index contributed by atoms with van der Waals surface area (Å²) in [4.78, 5) is 56.4. The highest BCUT2D eigenvalue weighted by atomic mass is 16.4. The minimum absolute atomic E-state index is 0.236. The third-order valence-corrected chi connectivity index (χ3v) is 7.49. The predicted molar refractivity (Wildman–Crippen MR) is 142 cm³/mol. The van der Waals surface area contributed by atoms with Crippen molar-refractivity contribution in [1.82, 2.24) is 25.8 Å². The van der Waals surface area contributed by atoms with E-state index in [1.54, 1.807) is 0 Å². The molecule has 11 nitrogen and oxygen atoms in total. The van der Waals surface area contributed by atoms with Crippen molar-refractivity contribution < 1.29 is 24.3 Å². The summed E-state index contributed by atoms with van der Waals surface area (Å²) in [5.74, 6) is -2.18. The van der Waals surface area contributed by atoms with E-state index < -0.39 is 35.9 Å². The molecule has 0 saturated carbocycles. The molecule has 206 valence electrons. The smallest absolute Gasteiger partial charge is 0.326 e. The van der Waals surface area contributed by atoms with Crippen LogP contribution in [0.3, 0.4) is 0 Å². The molecule has 4 rings (SSSR count). The summed E-state index contributed by atoms with van der Waals surface area (Å²) in [5, 5.41) is 19.5. The van der Waals surface area contributed by atoms with Gasteiger partial charge < -0.3 is 36.7 Å². The number of para-hydroxylation sites is 1. The van der Waals surface area contributed by atoms with Crippen LogP contribution >= 0.6 is 0 Å². The Morgan fingerprint density at radius 2 is 1.89 bits per heavy atom. The number of aromatic amines is 1. The van der Waals surface area contributed by atoms with E-state index in [-0.39, 0.29) is 18.4 Å². The number of fused-ring (bicyclic) bond motifs is 1. The summed E-state index contributed by atoms with van der Waals surface area (Å²) in [5.41, 5.74) is 7.44. The van der Waals surface area contributed by atoms with E-state index >= 15 is 0 Å². The van der Waals surface area contributed by atoms with Crippen molar-refractivity contribution in [3.05, 3.63) is 36.0 Å². The van der Waals surface area contributed by atoms with Crippen molar-refractivity contribution in [3.63, 3.8) is 0 Å². The van der Waals surface area contributed by atoms with Crippen molar-refractivity contribution in [2.45, 2.75) is 75.5 Å². The van der Waals surface area contributed by atoms with Gasteiger partial charge in [-0.15, -0.1) is 0 Å². The minimum atomic E-state index is -1.04. The van der Waals surface area contributed by atoms with E-state index in [2.05, 4.69) is 20.9 Å². The maximum absolute atomic E-state index is 13.7. The van der Waals surface area contributed by atoms with E-state index in [9.17, 15) is 24.3 Å². The first-order valence-corrected chi connectivity index (χ1v) is 13.5. The molecule has 4 unspecified atom stereocenters. The highest BCUT2D eigenvalue weighted by Crippen LogP contribution is 2.21. The topological polar surface area (TPSA) is 170 Å². The number of nitrogens with two attached hydrogens (primary N) is 1. The third-order valence-electron chi connectivity index (χ3n) is 7.49. The summed E-state index contributed by atoms with van der Waals surface area (Å²) >= 11 is 0. The van der Waals surface area contributed by atoms with Gasteiger partial charge >= 0.3 is 5.97 Å². The Bertz CT molecular complexity index is 1140. The zero-order valence-corrected chi connectivity index (χ0v) is 21.6. The second-order valence-corrected chi connectivity index (χ2v) is 10.1. The lowest BCUT2D eigenvalue weighted by Gasteiger charge is -2.29. The van der Waals surface area contributed by atoms with Crippen molar-refractivity contribution in [3.8, 4) is 0 Å². The molecule has 0 bridgehead atoms. The van der Waals surface area contributed by atoms with Crippen molar-refractivity contribution in [1.29, 1.82) is 0 Å². The molecule has 2 fully saturated rings. The fourth-order valence-electron chi connectivity index (χ4n) is 5.42. The summed E-state index contributed by atoms with van der Waals surface area (Å²) in [6.07, 6.45) is 6.24. The Morgan fingerprint density at radius 3 is 2.63 bits per heavy atom. The molecule has 2 aliphatic heterocycles. The summed E-state index contributed by atoms with van der Waals surface area (Å²) in [6, 6.07) is 4.65. The van der Waals surface area contributed by atoms with Gasteiger partial charge in [-0.25, -0.2) is 4.79 Å². The maximum Gasteiger partial charge on any atom is 0.326 e. The first-order valence-electron chi connectivity index (χ1n) is 13.5. The molecule has 3 heterocycles. The molecule has 2 saturated heterocycles. The molecule has 0 spiro atoms. The molecule has 11 heteroatoms. The normalized spacial score (nSPS) is 20.8. The summed E-state index contributed by atoms with van der Waals surface area (Å²) in [7, 11) is 0. The summed E-state index contributed by atoms with van der Waals surface area (Å²) < 4.78 is 0. The lowest BCUT2D eigenvalue weighted by atomic mass is 10.0. The van der Waals surface area contributed by atoms with E-state index in [4.69, 9.17) is 5.73 Å². The van der Waals surface area contributed by atoms with E-state index in [0.29, 0.717) is 51.6 Å². The number of carboxylic acids is 1. The highest BCUT2D eigenvalue weighted by Gasteiger charge is 2.38. The van der Waals surface area contributed by atoms with Crippen LogP contribution in [0.4, 0.5) is 0 Å². The Balaban J connectivity index is 1.54. The van der Waals surface area contributed by atoms with Gasteiger partial charge in [-0.2, -0.15) is 0 Å². The standard InChI is InChI=1S/C27H38N6O5/c28-12-4-3-9-21(26(36)33-14-6-11-23(33)27(37)38)31-25(35)22(32-24(34)20-10-5-13-29-20)15-17-16-30-19-8-2-1-7-18(17)19/h1-2,7-8,16,20-23,29-30H,3-6,9-15,28H2,(H,31,35)(H,32,34)(H,37,38). The second kappa shape index (κ2) is 12.9. The van der Waals surface area contributed by atoms with Crippen LogP contribution in [0, 0.1) is 0 Å². The SMILES string of the molecule is NCCCCC(NC(=O)C(Cc1c[nH]c2ccccc12)NC(=O)C1CCCN1)C(=O)N1CCCC1C(=O)O. The molecule has 0 aliphatic carbocycles. The number of unbranched alkanes of at least 4 members (excludes halogenated alkanes) is 1. The molecule has 7 N–H and O–H groups in total. The summed E-state index contributed by atoms with van der Waals surface area (Å²) in [6.45, 7) is 1.53. The fraction of sp³-hybridized carbons (Fsp3) is 0.556. The number of aliphatic carboxylic acids is 1. The van der Waals surface area contributed by atoms with Gasteiger partial charge in [-0.05, 0) is 69.7 Å². The zero-order valence-electron chi connectivity index (χ0n) is 21.6. The van der Waals surface area contributed by atoms with Crippen LogP contribution in [0.5, 0.6) is 0 Å². The van der Waals surface area contributed by atoms with Gasteiger partial charge in [-0.3, -0.25) is 14.4 Å². The van der Waals surface area contributed by atoms with Gasteiger partial charge in [-0.1, -0.05) is 18.2 Å². The number of rotatable bonds is 12. The quantitative estimate of drug-likeness (QED) is 0.220. The van der Waals surface area contributed by atoms with Gasteiger partial charge in [0.1, 0.15) is 18.1 Å². The molecule has 4 atom stereocenters. The minimum Gasteiger partial charge on any atom is -0.480 e. The Hall–Kier alpha value is -3.44. The van der Waals surface area contributed by atoms with Crippen LogP contribution in [-0.4, -0.2) is 82.5 Å². The van der Waals surface area contributed by atoms with Gasteiger partial charge in [0.15, 0.2) is 0 Å². The number of carbonyl (C=O) groups is 4. The number of hydrogen-bond donors (Lipinski definition) is 6. The molecule has 2 aromatic rings. The van der Waals surface area contributed by atoms with Crippen LogP contribution in [-0.2, 0) is 25.6 Å². The van der Waals surface area contributed by atoms with E-state index in [0.717, 1.165) is 29.4 Å². The Labute approximate surface area is 221 Å². The van der Waals surface area contributed by atoms with E-state index in [1.807, 2.05) is 30.5 Å². The lowest BCUT2D eigenvalue weighted by molar-refractivity contribution is -0.149. The number of aromatic nitrogens is 1. The number of nitrogens with one attached hydrogen (secondary N) is 4. The molecule has 38 heavy (non-hydrogen) atoms. The number of carboxylic acid groups (broad SMARTS) is 1. The third kappa shape index (κ3) is 6.51. The van der Waals surface area contributed by atoms with Crippen molar-refractivity contribution in [2.24, 2.45) is 5.73 Å². The maximum atomic E-state index is 13.7. The van der Waals surface area contributed by atoms with Gasteiger partial charge in [0.05, 0.1) is 6.04 Å². The molecular formula is C27H38N6O5. The Morgan fingerprint density at radius 1 is 1.08 bits per heavy atom. The number of benzene rings is 1. The predicted octanol–water partition coefficient (Wildman–Crippen LogP) is 0.637. The van der Waals surface area contributed by atoms with Crippen LogP contribution in [0.25, 0.3) is 10.9 Å². The highest BCUT2D eigenvalue weighted by molar-refractivity contribution is 5.95. The second-order valence-electron chi connectivity index (χ2n) is 10.1. The Kier molecular flexibility index (Phi) is 9.35. The van der Waals surface area contributed by atoms with Crippen LogP contribution < -0.4 is 21.7 Å². The fourth-order valence-corrected chi connectivity index (χ4v) is 5.42. The lowest BCUT2D eigenvalue weighted by Crippen LogP contribution is -2.57. The molecule has 0 radical (unpaired) electrons. The average Bonchev–Trinajstić information content (AvgIpc) is 3.68. The van der Waals surface area contributed by atoms with Gasteiger partial charge in [0, 0.05) is 30.1 Å². The number of hydrogen-bond acceptors (Lipinski definition) is 6. The van der Waals surface area contributed by atoms with Gasteiger partial charge in [0.2, 0.25) is 17.7 Å². The van der Waals surface area contributed by atoms with Crippen LogP contribution in [0.2, 0.25) is 0 Å². The first kappa shape index (κ1) is 27.6. The average molecular weight is 527 g/mol. The van der Waals surface area contributed by atoms with Gasteiger partial charge in [0.25, 0.3) is 0 Å². The van der Waals surface area contributed by atoms with Crippen LogP contribution in [0.1, 0.15) is 50.5 Å². The monoisotopic (exact) mass is 526 g/mol. The molecular weight excluding hydrogens is 488 g/mol. The van der Waals surface area contributed by atoms with Crippen LogP contribution in [0.15, 0.2) is 30.5 Å². The van der Waals surface area contributed by atoms with Crippen molar-refractivity contribution in [2.75, 3.05) is 19.6 Å². The number of likely N-dealkylation sites (tertiary alicyclic amines) is 1. The molecule has 1 aromatic carbocycles. The molecule has 2 aliphatic rings. The largest absolute Gasteiger partial charge is 0.480 e. The number of H-pyrrole nitrogens is 1. The number of nitrogens with zero attached hydrogens (tertiary/aromatic N) is 1. The van der Waals surface area contributed by atoms with E-state index in [1.165, 1.54) is 4.90 Å². The first-order chi connectivity index (χ1) is 18.4. The zero-order chi connectivity index (χ0) is 27.1. The number of carbonyl (C=O) groups excluding carboxylic acids is 3. The molecule has 1 aromatic heterocycles.